The predicted molar refractivity (Wildman–Crippen MR) is 42.2 cm³/mol. The van der Waals surface area contributed by atoms with E-state index in [1.165, 1.54) is 0 Å². The summed E-state index contributed by atoms with van der Waals surface area (Å²) in [4.78, 5) is 0. The van der Waals surface area contributed by atoms with Crippen LogP contribution < -0.4 is 0 Å². The molecule has 0 fully saturated rings. The maximum absolute atomic E-state index is 5.19. The van der Waals surface area contributed by atoms with Crippen LogP contribution in [0.1, 0.15) is 20.3 Å². The van der Waals surface area contributed by atoms with Crippen molar-refractivity contribution >= 4 is 0 Å². The van der Waals surface area contributed by atoms with Gasteiger partial charge in [-0.25, -0.2) is 0 Å². The Morgan fingerprint density at radius 2 is 2.10 bits per heavy atom. The molecule has 0 bridgehead atoms. The highest BCUT2D eigenvalue weighted by Crippen LogP contribution is 2.01. The molecule has 1 unspecified atom stereocenters. The first kappa shape index (κ1) is 9.92. The standard InChI is InChI=1S/C8H18O2/c1-4-10-6-5-8(2)7-9-3/h8H,4-7H2,1-3H3. The van der Waals surface area contributed by atoms with Crippen molar-refractivity contribution in [2.75, 3.05) is 26.9 Å². The summed E-state index contributed by atoms with van der Waals surface area (Å²) in [5.74, 6) is 0.622. The number of rotatable bonds is 6. The van der Waals surface area contributed by atoms with E-state index < -0.39 is 0 Å². The maximum atomic E-state index is 5.19. The monoisotopic (exact) mass is 146 g/mol. The molecular formula is C8H18O2. The summed E-state index contributed by atoms with van der Waals surface area (Å²) in [5, 5.41) is 0. The number of methoxy groups -OCH3 is 1. The van der Waals surface area contributed by atoms with Crippen LogP contribution in [0.2, 0.25) is 0 Å². The summed E-state index contributed by atoms with van der Waals surface area (Å²) in [6, 6.07) is 0. The van der Waals surface area contributed by atoms with Gasteiger partial charge < -0.3 is 9.47 Å². The normalized spacial score (nSPS) is 13.5. The van der Waals surface area contributed by atoms with E-state index >= 15 is 0 Å². The average Bonchev–Trinajstić information content (AvgIpc) is 1.89. The minimum absolute atomic E-state index is 0.622. The fourth-order valence-electron chi connectivity index (χ4n) is 0.797. The minimum atomic E-state index is 0.622. The van der Waals surface area contributed by atoms with E-state index in [9.17, 15) is 0 Å². The van der Waals surface area contributed by atoms with Gasteiger partial charge in [-0.1, -0.05) is 6.92 Å². The van der Waals surface area contributed by atoms with Crippen molar-refractivity contribution in [3.05, 3.63) is 0 Å². The van der Waals surface area contributed by atoms with Crippen molar-refractivity contribution < 1.29 is 9.47 Å². The molecule has 1 atom stereocenters. The first-order chi connectivity index (χ1) is 4.81. The summed E-state index contributed by atoms with van der Waals surface area (Å²) < 4.78 is 10.2. The van der Waals surface area contributed by atoms with Gasteiger partial charge in [-0.2, -0.15) is 0 Å². The van der Waals surface area contributed by atoms with Crippen LogP contribution in [0.4, 0.5) is 0 Å². The first-order valence-corrected chi connectivity index (χ1v) is 3.88. The molecule has 0 aromatic rings. The lowest BCUT2D eigenvalue weighted by Crippen LogP contribution is -2.07. The summed E-state index contributed by atoms with van der Waals surface area (Å²) in [7, 11) is 1.73. The molecule has 0 rings (SSSR count). The molecule has 62 valence electrons. The van der Waals surface area contributed by atoms with Crippen molar-refractivity contribution in [3.8, 4) is 0 Å². The fraction of sp³-hybridized carbons (Fsp3) is 1.00. The molecule has 10 heavy (non-hydrogen) atoms. The third-order valence-corrected chi connectivity index (χ3v) is 1.41. The van der Waals surface area contributed by atoms with E-state index in [0.29, 0.717) is 5.92 Å². The van der Waals surface area contributed by atoms with Crippen LogP contribution in [0.3, 0.4) is 0 Å². The number of hydrogen-bond donors (Lipinski definition) is 0. The Labute approximate surface area is 63.5 Å². The van der Waals surface area contributed by atoms with Crippen LogP contribution >= 0.6 is 0 Å². The van der Waals surface area contributed by atoms with Crippen molar-refractivity contribution in [2.24, 2.45) is 5.92 Å². The SMILES string of the molecule is CCOCCC(C)COC. The molecule has 0 heterocycles. The van der Waals surface area contributed by atoms with Gasteiger partial charge >= 0.3 is 0 Å². The summed E-state index contributed by atoms with van der Waals surface area (Å²) >= 11 is 0. The van der Waals surface area contributed by atoms with Gasteiger partial charge in [0.2, 0.25) is 0 Å². The van der Waals surface area contributed by atoms with Crippen molar-refractivity contribution in [1.82, 2.24) is 0 Å². The van der Waals surface area contributed by atoms with Gasteiger partial charge in [0, 0.05) is 26.9 Å². The maximum Gasteiger partial charge on any atom is 0.0488 e. The van der Waals surface area contributed by atoms with Gasteiger partial charge in [0.15, 0.2) is 0 Å². The van der Waals surface area contributed by atoms with Gasteiger partial charge in [0.1, 0.15) is 0 Å². The largest absolute Gasteiger partial charge is 0.384 e. The first-order valence-electron chi connectivity index (χ1n) is 3.88. The summed E-state index contributed by atoms with van der Waals surface area (Å²) in [6.07, 6.45) is 1.10. The van der Waals surface area contributed by atoms with Crippen LogP contribution in [0.5, 0.6) is 0 Å². The van der Waals surface area contributed by atoms with E-state index in [1.54, 1.807) is 7.11 Å². The van der Waals surface area contributed by atoms with Gasteiger partial charge in [-0.3, -0.25) is 0 Å². The highest BCUT2D eigenvalue weighted by atomic mass is 16.5. The molecule has 0 aliphatic carbocycles. The third-order valence-electron chi connectivity index (χ3n) is 1.41. The van der Waals surface area contributed by atoms with Crippen LogP contribution in [0.25, 0.3) is 0 Å². The van der Waals surface area contributed by atoms with Crippen molar-refractivity contribution in [1.29, 1.82) is 0 Å². The highest BCUT2D eigenvalue weighted by molar-refractivity contribution is 4.48. The quantitative estimate of drug-likeness (QED) is 0.531. The van der Waals surface area contributed by atoms with Crippen molar-refractivity contribution in [2.45, 2.75) is 20.3 Å². The van der Waals surface area contributed by atoms with Crippen molar-refractivity contribution in [3.63, 3.8) is 0 Å². The summed E-state index contributed by atoms with van der Waals surface area (Å²) in [5.41, 5.74) is 0. The Morgan fingerprint density at radius 3 is 2.60 bits per heavy atom. The zero-order chi connectivity index (χ0) is 7.82. The van der Waals surface area contributed by atoms with Crippen LogP contribution in [-0.2, 0) is 9.47 Å². The van der Waals surface area contributed by atoms with E-state index in [2.05, 4.69) is 6.92 Å². The highest BCUT2D eigenvalue weighted by Gasteiger charge is 1.99. The molecule has 0 radical (unpaired) electrons. The molecular weight excluding hydrogens is 128 g/mol. The molecule has 0 aromatic carbocycles. The minimum Gasteiger partial charge on any atom is -0.384 e. The van der Waals surface area contributed by atoms with Gasteiger partial charge in [-0.05, 0) is 19.3 Å². The van der Waals surface area contributed by atoms with Crippen LogP contribution in [0, 0.1) is 5.92 Å². The third kappa shape index (κ3) is 6.05. The molecule has 0 saturated heterocycles. The second-order valence-electron chi connectivity index (χ2n) is 2.55. The topological polar surface area (TPSA) is 18.5 Å². The van der Waals surface area contributed by atoms with E-state index in [1.807, 2.05) is 6.92 Å². The molecule has 0 spiro atoms. The smallest absolute Gasteiger partial charge is 0.0488 e. The zero-order valence-electron chi connectivity index (χ0n) is 7.22. The molecule has 0 aliphatic heterocycles. The number of hydrogen-bond acceptors (Lipinski definition) is 2. The molecule has 0 amide bonds. The van der Waals surface area contributed by atoms with E-state index in [0.717, 1.165) is 26.2 Å². The lowest BCUT2D eigenvalue weighted by molar-refractivity contribution is 0.105. The summed E-state index contributed by atoms with van der Waals surface area (Å²) in [6.45, 7) is 6.71. The van der Waals surface area contributed by atoms with Crippen LogP contribution in [-0.4, -0.2) is 26.9 Å². The van der Waals surface area contributed by atoms with E-state index in [-0.39, 0.29) is 0 Å². The predicted octanol–water partition coefficient (Wildman–Crippen LogP) is 1.70. The lowest BCUT2D eigenvalue weighted by Gasteiger charge is -2.08. The molecule has 0 aliphatic rings. The molecule has 0 N–H and O–H groups in total. The zero-order valence-corrected chi connectivity index (χ0v) is 7.22. The Balaban J connectivity index is 2.97. The Morgan fingerprint density at radius 1 is 1.40 bits per heavy atom. The lowest BCUT2D eigenvalue weighted by atomic mass is 10.1. The second kappa shape index (κ2) is 7.03. The van der Waals surface area contributed by atoms with E-state index in [4.69, 9.17) is 9.47 Å². The molecule has 2 heteroatoms. The fourth-order valence-corrected chi connectivity index (χ4v) is 0.797. The second-order valence-corrected chi connectivity index (χ2v) is 2.55. The Kier molecular flexibility index (Phi) is 6.98. The van der Waals surface area contributed by atoms with Crippen LogP contribution in [0.15, 0.2) is 0 Å². The van der Waals surface area contributed by atoms with Gasteiger partial charge in [0.05, 0.1) is 0 Å². The Bertz CT molecular complexity index is 64.3. The van der Waals surface area contributed by atoms with Gasteiger partial charge in [0.25, 0.3) is 0 Å². The van der Waals surface area contributed by atoms with Gasteiger partial charge in [-0.15, -0.1) is 0 Å². The molecule has 2 nitrogen and oxygen atoms in total. The molecule has 0 saturated carbocycles. The Hall–Kier alpha value is -0.0800. The number of ether oxygens (including phenoxy) is 2. The average molecular weight is 146 g/mol. The molecule has 0 aromatic heterocycles.